The van der Waals surface area contributed by atoms with Gasteiger partial charge in [0.05, 0.1) is 11.7 Å². The van der Waals surface area contributed by atoms with Crippen molar-refractivity contribution in [2.75, 3.05) is 13.7 Å². The van der Waals surface area contributed by atoms with Gasteiger partial charge in [-0.05, 0) is 25.5 Å². The van der Waals surface area contributed by atoms with Gasteiger partial charge in [0.1, 0.15) is 0 Å². The molecule has 1 unspecified atom stereocenters. The zero-order valence-corrected chi connectivity index (χ0v) is 9.42. The molecule has 0 saturated heterocycles. The molecule has 2 heterocycles. The molecule has 0 amide bonds. The van der Waals surface area contributed by atoms with E-state index in [1.807, 2.05) is 19.1 Å². The molecule has 1 atom stereocenters. The molecule has 2 aromatic rings. The van der Waals surface area contributed by atoms with Gasteiger partial charge in [0, 0.05) is 13.7 Å². The van der Waals surface area contributed by atoms with Crippen molar-refractivity contribution in [1.82, 2.24) is 19.8 Å². The first-order chi connectivity index (χ1) is 7.72. The summed E-state index contributed by atoms with van der Waals surface area (Å²) in [6.07, 6.45) is 0.701. The van der Waals surface area contributed by atoms with E-state index in [1.165, 1.54) is 0 Å². The minimum absolute atomic E-state index is 0.204. The zero-order chi connectivity index (χ0) is 11.5. The summed E-state index contributed by atoms with van der Waals surface area (Å²) in [5.74, 6) is 0.677. The lowest BCUT2D eigenvalue weighted by atomic mass is 10.2. The smallest absolute Gasteiger partial charge is 0.177 e. The van der Waals surface area contributed by atoms with Crippen LogP contribution in [0, 0.1) is 6.92 Å². The predicted molar refractivity (Wildman–Crippen MR) is 58.9 cm³/mol. The Morgan fingerprint density at radius 2 is 2.25 bits per heavy atom. The first-order valence-electron chi connectivity index (χ1n) is 5.16. The molecule has 0 aromatic carbocycles. The molecule has 0 radical (unpaired) electrons. The maximum Gasteiger partial charge on any atom is 0.177 e. The van der Waals surface area contributed by atoms with Crippen LogP contribution in [0.15, 0.2) is 12.1 Å². The molecule has 0 aliphatic rings. The van der Waals surface area contributed by atoms with Crippen LogP contribution in [0.25, 0.3) is 5.65 Å². The van der Waals surface area contributed by atoms with E-state index in [1.54, 1.807) is 11.6 Å². The Kier molecular flexibility index (Phi) is 3.12. The Balaban J connectivity index is 2.33. The largest absolute Gasteiger partial charge is 0.385 e. The highest BCUT2D eigenvalue weighted by Crippen LogP contribution is 2.12. The lowest BCUT2D eigenvalue weighted by Crippen LogP contribution is -2.17. The van der Waals surface area contributed by atoms with E-state index in [-0.39, 0.29) is 6.04 Å². The topological polar surface area (TPSA) is 78.3 Å². The van der Waals surface area contributed by atoms with Crippen LogP contribution in [0.2, 0.25) is 0 Å². The van der Waals surface area contributed by atoms with Gasteiger partial charge >= 0.3 is 0 Å². The third-order valence-corrected chi connectivity index (χ3v) is 2.38. The third kappa shape index (κ3) is 2.02. The van der Waals surface area contributed by atoms with Crippen molar-refractivity contribution in [2.45, 2.75) is 19.4 Å². The molecule has 2 aromatic heterocycles. The van der Waals surface area contributed by atoms with Crippen molar-refractivity contribution in [3.8, 4) is 0 Å². The highest BCUT2D eigenvalue weighted by molar-refractivity contribution is 5.36. The average molecular weight is 221 g/mol. The van der Waals surface area contributed by atoms with Crippen LogP contribution in [0.3, 0.4) is 0 Å². The molecule has 16 heavy (non-hydrogen) atoms. The predicted octanol–water partition coefficient (Wildman–Crippen LogP) is 0.469. The van der Waals surface area contributed by atoms with E-state index in [4.69, 9.17) is 10.5 Å². The Morgan fingerprint density at radius 1 is 1.44 bits per heavy atom. The maximum atomic E-state index is 6.00. The standard InChI is InChI=1S/C10H15N5O/c1-7-3-4-9-12-13-10(15(9)14-7)8(11)5-6-16-2/h3-4,8H,5-6,11H2,1-2H3. The van der Waals surface area contributed by atoms with Crippen LogP contribution in [-0.2, 0) is 4.74 Å². The SMILES string of the molecule is COCCC(N)c1nnc2ccc(C)nn12. The minimum Gasteiger partial charge on any atom is -0.385 e. The summed E-state index contributed by atoms with van der Waals surface area (Å²) >= 11 is 0. The second-order valence-electron chi connectivity index (χ2n) is 3.69. The van der Waals surface area contributed by atoms with Gasteiger partial charge in [-0.25, -0.2) is 0 Å². The van der Waals surface area contributed by atoms with E-state index < -0.39 is 0 Å². The summed E-state index contributed by atoms with van der Waals surface area (Å²) in [4.78, 5) is 0. The van der Waals surface area contributed by atoms with Crippen molar-refractivity contribution < 1.29 is 4.74 Å². The average Bonchev–Trinajstić information content (AvgIpc) is 2.68. The molecule has 2 N–H and O–H groups in total. The Labute approximate surface area is 93.4 Å². The molecule has 86 valence electrons. The fourth-order valence-electron chi connectivity index (χ4n) is 1.50. The Bertz CT molecular complexity index is 481. The van der Waals surface area contributed by atoms with E-state index in [2.05, 4.69) is 15.3 Å². The number of rotatable bonds is 4. The summed E-state index contributed by atoms with van der Waals surface area (Å²) in [5.41, 5.74) is 7.62. The van der Waals surface area contributed by atoms with E-state index in [9.17, 15) is 0 Å². The number of hydrogen-bond donors (Lipinski definition) is 1. The fourth-order valence-corrected chi connectivity index (χ4v) is 1.50. The monoisotopic (exact) mass is 221 g/mol. The van der Waals surface area contributed by atoms with Crippen LogP contribution in [0.1, 0.15) is 24.0 Å². The van der Waals surface area contributed by atoms with E-state index >= 15 is 0 Å². The van der Waals surface area contributed by atoms with Crippen molar-refractivity contribution in [2.24, 2.45) is 5.73 Å². The molecule has 0 bridgehead atoms. The van der Waals surface area contributed by atoms with Gasteiger partial charge < -0.3 is 10.5 Å². The summed E-state index contributed by atoms with van der Waals surface area (Å²) in [6.45, 7) is 2.52. The van der Waals surface area contributed by atoms with Crippen molar-refractivity contribution >= 4 is 5.65 Å². The lowest BCUT2D eigenvalue weighted by Gasteiger charge is -2.08. The maximum absolute atomic E-state index is 6.00. The molecule has 0 spiro atoms. The highest BCUT2D eigenvalue weighted by atomic mass is 16.5. The molecular weight excluding hydrogens is 206 g/mol. The normalized spacial score (nSPS) is 13.2. The molecule has 0 fully saturated rings. The van der Waals surface area contributed by atoms with Gasteiger partial charge in [-0.3, -0.25) is 0 Å². The molecule has 0 aliphatic heterocycles. The summed E-state index contributed by atoms with van der Waals surface area (Å²) in [6, 6.07) is 3.57. The number of aromatic nitrogens is 4. The molecule has 2 rings (SSSR count). The summed E-state index contributed by atoms with van der Waals surface area (Å²) in [5, 5.41) is 12.4. The number of hydrogen-bond acceptors (Lipinski definition) is 5. The number of methoxy groups -OCH3 is 1. The van der Waals surface area contributed by atoms with Crippen LogP contribution in [0.4, 0.5) is 0 Å². The first kappa shape index (κ1) is 11.0. The second kappa shape index (κ2) is 4.54. The molecule has 6 heteroatoms. The second-order valence-corrected chi connectivity index (χ2v) is 3.69. The fraction of sp³-hybridized carbons (Fsp3) is 0.500. The summed E-state index contributed by atoms with van der Waals surface area (Å²) in [7, 11) is 1.65. The van der Waals surface area contributed by atoms with Crippen LogP contribution < -0.4 is 5.73 Å². The number of ether oxygens (including phenoxy) is 1. The molecule has 0 saturated carbocycles. The van der Waals surface area contributed by atoms with E-state index in [0.29, 0.717) is 24.5 Å². The van der Waals surface area contributed by atoms with Gasteiger partial charge in [0.15, 0.2) is 11.5 Å². The lowest BCUT2D eigenvalue weighted by molar-refractivity contribution is 0.187. The molecule has 6 nitrogen and oxygen atoms in total. The van der Waals surface area contributed by atoms with Crippen molar-refractivity contribution in [3.05, 3.63) is 23.7 Å². The highest BCUT2D eigenvalue weighted by Gasteiger charge is 2.14. The van der Waals surface area contributed by atoms with Gasteiger partial charge in [-0.15, -0.1) is 10.2 Å². The number of nitrogens with two attached hydrogens (primary N) is 1. The number of aryl methyl sites for hydroxylation is 1. The van der Waals surface area contributed by atoms with Gasteiger partial charge in [0.2, 0.25) is 0 Å². The molecule has 0 aliphatic carbocycles. The minimum atomic E-state index is -0.204. The van der Waals surface area contributed by atoms with E-state index in [0.717, 1.165) is 5.69 Å². The summed E-state index contributed by atoms with van der Waals surface area (Å²) < 4.78 is 6.68. The number of fused-ring (bicyclic) bond motifs is 1. The Morgan fingerprint density at radius 3 is 3.00 bits per heavy atom. The number of nitrogens with zero attached hydrogens (tertiary/aromatic N) is 4. The first-order valence-corrected chi connectivity index (χ1v) is 5.16. The van der Waals surface area contributed by atoms with Crippen molar-refractivity contribution in [3.63, 3.8) is 0 Å². The third-order valence-electron chi connectivity index (χ3n) is 2.38. The van der Waals surface area contributed by atoms with Crippen molar-refractivity contribution in [1.29, 1.82) is 0 Å². The van der Waals surface area contributed by atoms with Gasteiger partial charge in [-0.2, -0.15) is 9.61 Å². The zero-order valence-electron chi connectivity index (χ0n) is 9.42. The van der Waals surface area contributed by atoms with Gasteiger partial charge in [-0.1, -0.05) is 0 Å². The van der Waals surface area contributed by atoms with Crippen LogP contribution in [0.5, 0.6) is 0 Å². The quantitative estimate of drug-likeness (QED) is 0.811. The van der Waals surface area contributed by atoms with Gasteiger partial charge in [0.25, 0.3) is 0 Å². The van der Waals surface area contributed by atoms with Crippen LogP contribution in [-0.4, -0.2) is 33.5 Å². The van der Waals surface area contributed by atoms with Crippen LogP contribution >= 0.6 is 0 Å². The molecular formula is C10H15N5O. The Hall–Kier alpha value is -1.53.